The van der Waals surface area contributed by atoms with E-state index >= 15 is 0 Å². The fourth-order valence-electron chi connectivity index (χ4n) is 5.50. The van der Waals surface area contributed by atoms with Crippen molar-refractivity contribution in [3.05, 3.63) is 103 Å². The predicted molar refractivity (Wildman–Crippen MR) is 136 cm³/mol. The third kappa shape index (κ3) is 2.24. The second kappa shape index (κ2) is 6.48. The van der Waals surface area contributed by atoms with Crippen LogP contribution in [0.15, 0.2) is 103 Å². The molecule has 1 aromatic heterocycles. The van der Waals surface area contributed by atoms with Crippen LogP contribution in [0.1, 0.15) is 6.92 Å². The first-order valence-electron chi connectivity index (χ1n) is 11.3. The lowest BCUT2D eigenvalue weighted by molar-refractivity contribution is 0.971. The summed E-state index contributed by atoms with van der Waals surface area (Å²) in [4.78, 5) is 2.47. The highest BCUT2D eigenvalue weighted by atomic mass is 15.3. The summed E-state index contributed by atoms with van der Waals surface area (Å²) in [6, 6.07) is 37.7. The molecule has 0 saturated carbocycles. The molecule has 0 aliphatic carbocycles. The van der Waals surface area contributed by atoms with E-state index in [-0.39, 0.29) is 0 Å². The van der Waals surface area contributed by atoms with Gasteiger partial charge in [0.25, 0.3) is 0 Å². The Balaban J connectivity index is 1.77. The van der Waals surface area contributed by atoms with Gasteiger partial charge in [0, 0.05) is 28.4 Å². The molecule has 0 atom stereocenters. The van der Waals surface area contributed by atoms with E-state index in [2.05, 4.69) is 120 Å². The van der Waals surface area contributed by atoms with Crippen LogP contribution >= 0.6 is 0 Å². The number of anilines is 2. The van der Waals surface area contributed by atoms with Crippen LogP contribution in [0.3, 0.4) is 0 Å². The summed E-state index contributed by atoms with van der Waals surface area (Å²) in [7, 11) is 0. The Kier molecular flexibility index (Phi) is 3.57. The molecule has 152 valence electrons. The van der Waals surface area contributed by atoms with Crippen LogP contribution in [0.25, 0.3) is 49.3 Å². The topological polar surface area (TPSA) is 8.17 Å². The minimum Gasteiger partial charge on any atom is -0.327 e. The zero-order valence-electron chi connectivity index (χ0n) is 17.9. The molecule has 0 bridgehead atoms. The highest BCUT2D eigenvalue weighted by Gasteiger charge is 2.28. The minimum absolute atomic E-state index is 0.896. The summed E-state index contributed by atoms with van der Waals surface area (Å²) in [5.41, 5.74) is 6.39. The Morgan fingerprint density at radius 2 is 1.28 bits per heavy atom. The maximum atomic E-state index is 2.48. The average Bonchev–Trinajstić information content (AvgIpc) is 3.17. The molecule has 6 aromatic rings. The van der Waals surface area contributed by atoms with Crippen molar-refractivity contribution in [1.29, 1.82) is 0 Å². The van der Waals surface area contributed by atoms with Gasteiger partial charge in [-0.05, 0) is 41.3 Å². The van der Waals surface area contributed by atoms with Crippen molar-refractivity contribution >= 4 is 44.0 Å². The van der Waals surface area contributed by atoms with E-state index in [4.69, 9.17) is 0 Å². The summed E-state index contributed by atoms with van der Waals surface area (Å²) >= 11 is 0. The highest BCUT2D eigenvalue weighted by molar-refractivity contribution is 6.12. The fraction of sp³-hybridized carbons (Fsp3) is 0.0667. The maximum Gasteiger partial charge on any atom is 0.118 e. The van der Waals surface area contributed by atoms with Gasteiger partial charge in [0.1, 0.15) is 5.82 Å². The van der Waals surface area contributed by atoms with Crippen LogP contribution in [0, 0.1) is 0 Å². The number of hydrogen-bond acceptors (Lipinski definition) is 1. The summed E-state index contributed by atoms with van der Waals surface area (Å²) in [5, 5.41) is 6.39. The molecule has 1 aliphatic rings. The van der Waals surface area contributed by atoms with Crippen molar-refractivity contribution in [3.8, 4) is 16.8 Å². The molecule has 7 rings (SSSR count). The Labute approximate surface area is 186 Å². The van der Waals surface area contributed by atoms with Crippen molar-refractivity contribution in [2.75, 3.05) is 11.4 Å². The van der Waals surface area contributed by atoms with Gasteiger partial charge in [0.15, 0.2) is 0 Å². The van der Waals surface area contributed by atoms with Gasteiger partial charge in [-0.25, -0.2) is 0 Å². The lowest BCUT2D eigenvalue weighted by atomic mass is 9.92. The summed E-state index contributed by atoms with van der Waals surface area (Å²) in [6.45, 7) is 3.14. The van der Waals surface area contributed by atoms with Crippen LogP contribution in [0.4, 0.5) is 11.5 Å². The molecule has 0 N–H and O–H groups in total. The first kappa shape index (κ1) is 17.6. The van der Waals surface area contributed by atoms with E-state index in [1.165, 1.54) is 60.8 Å². The van der Waals surface area contributed by atoms with E-state index in [0.717, 1.165) is 6.54 Å². The van der Waals surface area contributed by atoms with E-state index in [1.807, 2.05) is 0 Å². The van der Waals surface area contributed by atoms with Crippen LogP contribution in [0.2, 0.25) is 0 Å². The Bertz CT molecular complexity index is 1670. The molecule has 2 heterocycles. The highest BCUT2D eigenvalue weighted by Crippen LogP contribution is 2.49. The van der Waals surface area contributed by atoms with Crippen molar-refractivity contribution < 1.29 is 0 Å². The number of nitrogens with zero attached hydrogens (tertiary/aromatic N) is 2. The lowest BCUT2D eigenvalue weighted by Gasteiger charge is -2.24. The van der Waals surface area contributed by atoms with Gasteiger partial charge in [0.05, 0.1) is 16.9 Å². The van der Waals surface area contributed by atoms with Crippen LogP contribution in [-0.4, -0.2) is 11.1 Å². The Morgan fingerprint density at radius 1 is 0.625 bits per heavy atom. The summed E-state index contributed by atoms with van der Waals surface area (Å²) in [6.07, 6.45) is 0. The van der Waals surface area contributed by atoms with E-state index in [9.17, 15) is 0 Å². The van der Waals surface area contributed by atoms with E-state index in [0.29, 0.717) is 0 Å². The molecule has 0 fully saturated rings. The smallest absolute Gasteiger partial charge is 0.118 e. The second-order valence-electron chi connectivity index (χ2n) is 8.50. The summed E-state index contributed by atoms with van der Waals surface area (Å²) in [5.74, 6) is 1.22. The van der Waals surface area contributed by atoms with Crippen molar-refractivity contribution in [1.82, 2.24) is 4.57 Å². The SMILES string of the molecule is CCN1c2ccc3ccccc3c2-c2ccc3ccccc3c2-n2c1cc1ccccc12. The molecular weight excluding hydrogens is 388 g/mol. The van der Waals surface area contributed by atoms with Crippen molar-refractivity contribution in [2.45, 2.75) is 6.92 Å². The molecule has 0 radical (unpaired) electrons. The second-order valence-corrected chi connectivity index (χ2v) is 8.50. The van der Waals surface area contributed by atoms with Crippen LogP contribution in [-0.2, 0) is 0 Å². The van der Waals surface area contributed by atoms with Crippen molar-refractivity contribution in [3.63, 3.8) is 0 Å². The quantitative estimate of drug-likeness (QED) is 0.266. The molecule has 5 aromatic carbocycles. The Morgan fingerprint density at radius 3 is 2.09 bits per heavy atom. The van der Waals surface area contributed by atoms with Gasteiger partial charge >= 0.3 is 0 Å². The van der Waals surface area contributed by atoms with Gasteiger partial charge in [-0.3, -0.25) is 4.57 Å². The third-order valence-electron chi connectivity index (χ3n) is 6.88. The Hall–Kier alpha value is -4.04. The third-order valence-corrected chi connectivity index (χ3v) is 6.88. The number of para-hydroxylation sites is 1. The van der Waals surface area contributed by atoms with E-state index in [1.54, 1.807) is 0 Å². The van der Waals surface area contributed by atoms with Crippen LogP contribution < -0.4 is 4.90 Å². The number of rotatable bonds is 1. The van der Waals surface area contributed by atoms with Gasteiger partial charge in [0.2, 0.25) is 0 Å². The largest absolute Gasteiger partial charge is 0.327 e. The summed E-state index contributed by atoms with van der Waals surface area (Å²) < 4.78 is 2.48. The van der Waals surface area contributed by atoms with Gasteiger partial charge < -0.3 is 4.90 Å². The molecule has 2 heteroatoms. The molecule has 0 saturated heterocycles. The maximum absolute atomic E-state index is 2.48. The minimum atomic E-state index is 0.896. The molecule has 32 heavy (non-hydrogen) atoms. The van der Waals surface area contributed by atoms with E-state index < -0.39 is 0 Å². The normalized spacial score (nSPS) is 12.6. The predicted octanol–water partition coefficient (Wildman–Crippen LogP) is 8.08. The monoisotopic (exact) mass is 410 g/mol. The molecule has 1 aliphatic heterocycles. The van der Waals surface area contributed by atoms with Crippen molar-refractivity contribution in [2.24, 2.45) is 0 Å². The molecule has 0 amide bonds. The number of benzene rings is 5. The first-order valence-corrected chi connectivity index (χ1v) is 11.3. The fourth-order valence-corrected chi connectivity index (χ4v) is 5.50. The lowest BCUT2D eigenvalue weighted by Crippen LogP contribution is -2.18. The van der Waals surface area contributed by atoms with Crippen LogP contribution in [0.5, 0.6) is 0 Å². The standard InChI is InChI=1S/C30H22N2/c1-2-31-27-18-16-20-9-3-6-12-23(20)29(27)25-17-15-21-10-4-7-13-24(21)30(25)32-26-14-8-5-11-22(26)19-28(31)32/h3-19H,2H2,1H3. The average molecular weight is 411 g/mol. The molecule has 0 unspecified atom stereocenters. The van der Waals surface area contributed by atoms with Gasteiger partial charge in [-0.1, -0.05) is 84.9 Å². The number of fused-ring (bicyclic) bond motifs is 11. The van der Waals surface area contributed by atoms with Gasteiger partial charge in [-0.2, -0.15) is 0 Å². The first-order chi connectivity index (χ1) is 15.8. The molecular formula is C30H22N2. The molecule has 2 nitrogen and oxygen atoms in total. The zero-order valence-corrected chi connectivity index (χ0v) is 17.9. The zero-order chi connectivity index (χ0) is 21.2. The molecule has 0 spiro atoms. The number of aromatic nitrogens is 1. The van der Waals surface area contributed by atoms with Gasteiger partial charge in [-0.15, -0.1) is 0 Å². The number of hydrogen-bond donors (Lipinski definition) is 0.